The first-order chi connectivity index (χ1) is 14.2. The lowest BCUT2D eigenvalue weighted by Crippen LogP contribution is -2.16. The average Bonchev–Trinajstić information content (AvgIpc) is 2.75. The molecule has 0 N–H and O–H groups in total. The normalized spacial score (nSPS) is 19.4. The molecular formula is C27H40N2. The molecule has 2 heteroatoms. The molecule has 0 amide bonds. The summed E-state index contributed by atoms with van der Waals surface area (Å²) < 4.78 is 0. The van der Waals surface area contributed by atoms with E-state index in [1.807, 2.05) is 0 Å². The van der Waals surface area contributed by atoms with Crippen LogP contribution in [0.5, 0.6) is 0 Å². The van der Waals surface area contributed by atoms with E-state index in [9.17, 15) is 0 Å². The van der Waals surface area contributed by atoms with Crippen LogP contribution in [-0.4, -0.2) is 9.97 Å². The number of hydrogen-bond acceptors (Lipinski definition) is 2. The van der Waals surface area contributed by atoms with Crippen molar-refractivity contribution < 1.29 is 0 Å². The Kier molecular flexibility index (Phi) is 8.70. The van der Waals surface area contributed by atoms with Crippen molar-refractivity contribution in [1.29, 1.82) is 0 Å². The van der Waals surface area contributed by atoms with Gasteiger partial charge in [0.25, 0.3) is 0 Å². The summed E-state index contributed by atoms with van der Waals surface area (Å²) in [4.78, 5) is 9.76. The predicted molar refractivity (Wildman–Crippen MR) is 124 cm³/mol. The van der Waals surface area contributed by atoms with Gasteiger partial charge in [0.05, 0.1) is 0 Å². The molecule has 29 heavy (non-hydrogen) atoms. The van der Waals surface area contributed by atoms with Crippen molar-refractivity contribution in [3.8, 4) is 11.1 Å². The third-order valence-electron chi connectivity index (χ3n) is 6.76. The van der Waals surface area contributed by atoms with Gasteiger partial charge < -0.3 is 0 Å². The third kappa shape index (κ3) is 6.39. The molecule has 1 heterocycles. The number of rotatable bonds is 10. The van der Waals surface area contributed by atoms with Crippen LogP contribution in [-0.2, 0) is 6.42 Å². The van der Waals surface area contributed by atoms with Crippen LogP contribution in [0.25, 0.3) is 11.1 Å². The number of aromatic nitrogens is 2. The van der Waals surface area contributed by atoms with Crippen molar-refractivity contribution in [2.75, 3.05) is 0 Å². The molecule has 0 spiro atoms. The third-order valence-corrected chi connectivity index (χ3v) is 6.76. The van der Waals surface area contributed by atoms with Gasteiger partial charge in [0.1, 0.15) is 5.82 Å². The summed E-state index contributed by atoms with van der Waals surface area (Å²) in [5.74, 6) is 2.58. The average molecular weight is 393 g/mol. The standard InChI is InChI=1S/C27H40N2/c1-4-6-8-10-22-12-16-24(17-13-22)26-20-28-27(29-21(26)3)25-18-14-23(15-19-25)11-9-7-5-2/h12-13,16-17,20,23,25H,4-11,14-15,18-19H2,1-3H3/t23-,25-. The maximum absolute atomic E-state index is 4.95. The molecule has 3 rings (SSSR count). The van der Waals surface area contributed by atoms with E-state index in [2.05, 4.69) is 51.2 Å². The van der Waals surface area contributed by atoms with Gasteiger partial charge in [-0.2, -0.15) is 0 Å². The Balaban J connectivity index is 1.58. The lowest BCUT2D eigenvalue weighted by atomic mass is 9.79. The number of benzene rings is 1. The van der Waals surface area contributed by atoms with E-state index in [1.165, 1.54) is 93.7 Å². The quantitative estimate of drug-likeness (QED) is 0.382. The molecule has 0 aliphatic heterocycles. The van der Waals surface area contributed by atoms with Crippen molar-refractivity contribution in [2.24, 2.45) is 5.92 Å². The van der Waals surface area contributed by atoms with Gasteiger partial charge in [0.2, 0.25) is 0 Å². The minimum atomic E-state index is 0.561. The second kappa shape index (κ2) is 11.5. The van der Waals surface area contributed by atoms with Gasteiger partial charge in [0.15, 0.2) is 0 Å². The lowest BCUT2D eigenvalue weighted by Gasteiger charge is -2.28. The smallest absolute Gasteiger partial charge is 0.131 e. The second-order valence-electron chi connectivity index (χ2n) is 9.09. The summed E-state index contributed by atoms with van der Waals surface area (Å²) in [6, 6.07) is 9.04. The van der Waals surface area contributed by atoms with E-state index < -0.39 is 0 Å². The summed E-state index contributed by atoms with van der Waals surface area (Å²) >= 11 is 0. The van der Waals surface area contributed by atoms with Crippen molar-refractivity contribution in [1.82, 2.24) is 9.97 Å². The minimum Gasteiger partial charge on any atom is -0.240 e. The molecule has 1 aliphatic carbocycles. The summed E-state index contributed by atoms with van der Waals surface area (Å²) in [6.07, 6.45) is 17.9. The molecule has 1 saturated carbocycles. The number of aryl methyl sites for hydroxylation is 2. The van der Waals surface area contributed by atoms with E-state index in [4.69, 9.17) is 9.97 Å². The lowest BCUT2D eigenvalue weighted by molar-refractivity contribution is 0.297. The molecular weight excluding hydrogens is 352 g/mol. The predicted octanol–water partition coefficient (Wildman–Crippen LogP) is 8.04. The zero-order chi connectivity index (χ0) is 20.5. The monoisotopic (exact) mass is 392 g/mol. The summed E-state index contributed by atoms with van der Waals surface area (Å²) in [5.41, 5.74) is 4.99. The summed E-state index contributed by atoms with van der Waals surface area (Å²) in [6.45, 7) is 6.70. The molecule has 0 radical (unpaired) electrons. The van der Waals surface area contributed by atoms with Crippen LogP contribution < -0.4 is 0 Å². The highest BCUT2D eigenvalue weighted by Gasteiger charge is 2.24. The number of nitrogens with zero attached hydrogens (tertiary/aromatic N) is 2. The number of unbranched alkanes of at least 4 members (excludes halogenated alkanes) is 4. The van der Waals surface area contributed by atoms with Crippen molar-refractivity contribution >= 4 is 0 Å². The molecule has 1 aliphatic rings. The second-order valence-corrected chi connectivity index (χ2v) is 9.09. The fourth-order valence-electron chi connectivity index (χ4n) is 4.79. The van der Waals surface area contributed by atoms with Gasteiger partial charge in [-0.15, -0.1) is 0 Å². The fourth-order valence-corrected chi connectivity index (χ4v) is 4.79. The highest BCUT2D eigenvalue weighted by molar-refractivity contribution is 5.65. The van der Waals surface area contributed by atoms with E-state index in [1.54, 1.807) is 0 Å². The highest BCUT2D eigenvalue weighted by atomic mass is 14.9. The molecule has 2 aromatic rings. The Morgan fingerprint density at radius 1 is 0.862 bits per heavy atom. The van der Waals surface area contributed by atoms with Gasteiger partial charge in [-0.05, 0) is 62.5 Å². The first-order valence-corrected chi connectivity index (χ1v) is 12.1. The Labute approximate surface area is 178 Å². The minimum absolute atomic E-state index is 0.561. The summed E-state index contributed by atoms with van der Waals surface area (Å²) in [7, 11) is 0. The van der Waals surface area contributed by atoms with E-state index in [0.29, 0.717) is 5.92 Å². The van der Waals surface area contributed by atoms with Gasteiger partial charge >= 0.3 is 0 Å². The Morgan fingerprint density at radius 2 is 1.55 bits per heavy atom. The highest BCUT2D eigenvalue weighted by Crippen LogP contribution is 2.37. The van der Waals surface area contributed by atoms with Gasteiger partial charge in [-0.25, -0.2) is 9.97 Å². The number of hydrogen-bond donors (Lipinski definition) is 0. The Morgan fingerprint density at radius 3 is 2.21 bits per heavy atom. The van der Waals surface area contributed by atoms with Crippen LogP contribution in [0, 0.1) is 12.8 Å². The molecule has 1 aromatic heterocycles. The van der Waals surface area contributed by atoms with Crippen molar-refractivity contribution in [3.05, 3.63) is 47.5 Å². The maximum Gasteiger partial charge on any atom is 0.131 e. The van der Waals surface area contributed by atoms with Crippen LogP contribution in [0.2, 0.25) is 0 Å². The Hall–Kier alpha value is -1.70. The first kappa shape index (κ1) is 22.0. The fraction of sp³-hybridized carbons (Fsp3) is 0.630. The molecule has 1 aromatic carbocycles. The topological polar surface area (TPSA) is 25.8 Å². The molecule has 0 bridgehead atoms. The zero-order valence-corrected chi connectivity index (χ0v) is 18.9. The van der Waals surface area contributed by atoms with E-state index in [-0.39, 0.29) is 0 Å². The first-order valence-electron chi connectivity index (χ1n) is 12.1. The largest absolute Gasteiger partial charge is 0.240 e. The maximum atomic E-state index is 4.95. The van der Waals surface area contributed by atoms with Crippen molar-refractivity contribution in [2.45, 2.75) is 104 Å². The molecule has 0 saturated heterocycles. The zero-order valence-electron chi connectivity index (χ0n) is 18.9. The van der Waals surface area contributed by atoms with Crippen LogP contribution in [0.15, 0.2) is 30.5 Å². The Bertz CT molecular complexity index is 727. The SMILES string of the molecule is CCCCCc1ccc(-c2cnc([C@H]3CC[C@H](CCCCC)CC3)nc2C)cc1. The van der Waals surface area contributed by atoms with Crippen LogP contribution in [0.1, 0.15) is 107 Å². The molecule has 0 atom stereocenters. The van der Waals surface area contributed by atoms with Crippen LogP contribution >= 0.6 is 0 Å². The van der Waals surface area contributed by atoms with E-state index in [0.717, 1.165) is 17.4 Å². The van der Waals surface area contributed by atoms with Gasteiger partial charge in [-0.1, -0.05) is 76.6 Å². The molecule has 0 unspecified atom stereocenters. The van der Waals surface area contributed by atoms with Crippen LogP contribution in [0.4, 0.5) is 0 Å². The molecule has 2 nitrogen and oxygen atoms in total. The van der Waals surface area contributed by atoms with Crippen molar-refractivity contribution in [3.63, 3.8) is 0 Å². The molecule has 158 valence electrons. The van der Waals surface area contributed by atoms with Crippen LogP contribution in [0.3, 0.4) is 0 Å². The van der Waals surface area contributed by atoms with E-state index >= 15 is 0 Å². The van der Waals surface area contributed by atoms with Gasteiger partial charge in [0, 0.05) is 23.4 Å². The summed E-state index contributed by atoms with van der Waals surface area (Å²) in [5, 5.41) is 0. The molecule has 1 fully saturated rings. The van der Waals surface area contributed by atoms with Gasteiger partial charge in [-0.3, -0.25) is 0 Å².